The predicted molar refractivity (Wildman–Crippen MR) is 129 cm³/mol. The third-order valence-electron chi connectivity index (χ3n) is 7.74. The van der Waals surface area contributed by atoms with Gasteiger partial charge in [-0.15, -0.1) is 0 Å². The number of amides is 1. The minimum absolute atomic E-state index is 0.169. The molecule has 2 saturated heterocycles. The van der Waals surface area contributed by atoms with Crippen LogP contribution < -0.4 is 4.74 Å². The van der Waals surface area contributed by atoms with E-state index in [9.17, 15) is 4.79 Å². The molecule has 7 heteroatoms. The lowest BCUT2D eigenvalue weighted by atomic mass is 9.93. The number of rotatable bonds is 7. The summed E-state index contributed by atoms with van der Waals surface area (Å²) in [5, 5.41) is 0.724. The number of para-hydroxylation sites is 1. The SMILES string of the molecule is O=C1COCCN1C1CCN(CCCC23C=CC(Oc4nc5ccccc5s4)=CC2C3)CC1. The molecule has 0 spiro atoms. The van der Waals surface area contributed by atoms with Gasteiger partial charge in [0.1, 0.15) is 12.4 Å². The number of carbonyl (C=O) groups excluding carboxylic acids is 1. The van der Waals surface area contributed by atoms with Gasteiger partial charge in [0.2, 0.25) is 5.91 Å². The lowest BCUT2D eigenvalue weighted by Crippen LogP contribution is -2.51. The number of thiazole rings is 1. The fourth-order valence-electron chi connectivity index (χ4n) is 5.71. The first kappa shape index (κ1) is 21.3. The maximum Gasteiger partial charge on any atom is 0.279 e. The molecule has 0 radical (unpaired) electrons. The van der Waals surface area contributed by atoms with Crippen LogP contribution in [0.25, 0.3) is 10.2 Å². The van der Waals surface area contributed by atoms with Crippen molar-refractivity contribution in [2.75, 3.05) is 39.4 Å². The summed E-state index contributed by atoms with van der Waals surface area (Å²) < 4.78 is 12.5. The molecule has 174 valence electrons. The molecule has 0 bridgehead atoms. The molecule has 3 heterocycles. The molecule has 2 aromatic rings. The van der Waals surface area contributed by atoms with Gasteiger partial charge < -0.3 is 19.3 Å². The van der Waals surface area contributed by atoms with Crippen molar-refractivity contribution >= 4 is 27.5 Å². The summed E-state index contributed by atoms with van der Waals surface area (Å²) in [4.78, 5) is 21.3. The molecule has 33 heavy (non-hydrogen) atoms. The van der Waals surface area contributed by atoms with E-state index in [0.29, 0.717) is 24.0 Å². The minimum atomic E-state index is 0.169. The number of ether oxygens (including phenoxy) is 2. The van der Waals surface area contributed by atoms with Crippen LogP contribution in [-0.2, 0) is 9.53 Å². The van der Waals surface area contributed by atoms with Gasteiger partial charge in [0.05, 0.1) is 16.8 Å². The van der Waals surface area contributed by atoms with E-state index in [1.807, 2.05) is 18.2 Å². The molecule has 6 rings (SSSR count). The minimum Gasteiger partial charge on any atom is -0.431 e. The van der Waals surface area contributed by atoms with Gasteiger partial charge in [-0.2, -0.15) is 0 Å². The van der Waals surface area contributed by atoms with Crippen molar-refractivity contribution in [2.45, 2.75) is 38.1 Å². The zero-order valence-electron chi connectivity index (χ0n) is 18.9. The van der Waals surface area contributed by atoms with E-state index in [4.69, 9.17) is 9.47 Å². The van der Waals surface area contributed by atoms with E-state index in [-0.39, 0.29) is 12.5 Å². The van der Waals surface area contributed by atoms with Crippen molar-refractivity contribution in [3.05, 3.63) is 48.3 Å². The van der Waals surface area contributed by atoms with Crippen LogP contribution in [0.5, 0.6) is 5.19 Å². The van der Waals surface area contributed by atoms with E-state index in [1.165, 1.54) is 19.3 Å². The number of morpholine rings is 1. The summed E-state index contributed by atoms with van der Waals surface area (Å²) in [6.07, 6.45) is 12.7. The lowest BCUT2D eigenvalue weighted by molar-refractivity contribution is -0.146. The van der Waals surface area contributed by atoms with E-state index in [0.717, 1.165) is 60.2 Å². The predicted octanol–water partition coefficient (Wildman–Crippen LogP) is 4.24. The van der Waals surface area contributed by atoms with Gasteiger partial charge in [-0.25, -0.2) is 4.98 Å². The van der Waals surface area contributed by atoms with Gasteiger partial charge in [0.25, 0.3) is 5.19 Å². The highest BCUT2D eigenvalue weighted by Gasteiger charge is 2.51. The maximum atomic E-state index is 12.1. The third kappa shape index (κ3) is 4.46. The smallest absolute Gasteiger partial charge is 0.279 e. The number of aromatic nitrogens is 1. The normalized spacial score (nSPS) is 28.1. The quantitative estimate of drug-likeness (QED) is 0.612. The first-order valence-electron chi connectivity index (χ1n) is 12.2. The van der Waals surface area contributed by atoms with E-state index >= 15 is 0 Å². The van der Waals surface area contributed by atoms with Crippen LogP contribution in [-0.4, -0.2) is 66.1 Å². The standard InChI is InChI=1S/C26H31N3O3S/c30-24-18-31-15-14-29(24)20-7-12-28(13-8-20)11-3-9-26-10-6-21(16-19(26)17-26)32-25-27-22-4-1-2-5-23(22)33-25/h1-2,4-6,10,16,19-20H,3,7-9,11-15,17-18H2. The molecule has 1 saturated carbocycles. The van der Waals surface area contributed by atoms with Crippen molar-refractivity contribution < 1.29 is 14.3 Å². The summed E-state index contributed by atoms with van der Waals surface area (Å²) in [5.74, 6) is 1.71. The molecule has 2 aliphatic carbocycles. The summed E-state index contributed by atoms with van der Waals surface area (Å²) in [5.41, 5.74) is 1.35. The number of allylic oxidation sites excluding steroid dienone is 3. The van der Waals surface area contributed by atoms with Crippen molar-refractivity contribution in [3.8, 4) is 5.19 Å². The van der Waals surface area contributed by atoms with Crippen LogP contribution in [0.1, 0.15) is 32.1 Å². The van der Waals surface area contributed by atoms with E-state index in [1.54, 1.807) is 11.3 Å². The topological polar surface area (TPSA) is 54.9 Å². The van der Waals surface area contributed by atoms with Crippen molar-refractivity contribution in [1.29, 1.82) is 0 Å². The molecule has 1 aromatic carbocycles. The highest BCUT2D eigenvalue weighted by atomic mass is 32.1. The van der Waals surface area contributed by atoms with Gasteiger partial charge >= 0.3 is 0 Å². The Bertz CT molecular complexity index is 1050. The Morgan fingerprint density at radius 2 is 2.09 bits per heavy atom. The van der Waals surface area contributed by atoms with Crippen LogP contribution in [0.4, 0.5) is 0 Å². The van der Waals surface area contributed by atoms with Gasteiger partial charge in [0, 0.05) is 25.7 Å². The van der Waals surface area contributed by atoms with E-state index in [2.05, 4.69) is 39.1 Å². The Morgan fingerprint density at radius 3 is 2.91 bits per heavy atom. The Hall–Kier alpha value is -2.22. The highest BCUT2D eigenvalue weighted by molar-refractivity contribution is 7.20. The van der Waals surface area contributed by atoms with Gasteiger partial charge in [-0.3, -0.25) is 4.79 Å². The van der Waals surface area contributed by atoms with Crippen molar-refractivity contribution in [3.63, 3.8) is 0 Å². The largest absolute Gasteiger partial charge is 0.431 e. The fourth-order valence-corrected chi connectivity index (χ4v) is 6.54. The second-order valence-corrected chi connectivity index (χ2v) is 10.8. The monoisotopic (exact) mass is 465 g/mol. The van der Waals surface area contributed by atoms with Crippen LogP contribution in [0.3, 0.4) is 0 Å². The zero-order valence-corrected chi connectivity index (χ0v) is 19.8. The summed E-state index contributed by atoms with van der Waals surface area (Å²) in [6.45, 7) is 5.06. The van der Waals surface area contributed by atoms with Gasteiger partial charge in [-0.05, 0) is 74.3 Å². The Balaban J connectivity index is 0.952. The second kappa shape index (κ2) is 8.85. The summed E-state index contributed by atoms with van der Waals surface area (Å²) >= 11 is 1.60. The van der Waals surface area contributed by atoms with Crippen LogP contribution in [0.15, 0.2) is 48.3 Å². The van der Waals surface area contributed by atoms with Crippen LogP contribution in [0, 0.1) is 11.3 Å². The number of benzene rings is 1. The molecule has 2 atom stereocenters. The fraction of sp³-hybridized carbons (Fsp3) is 0.538. The molecule has 2 aliphatic heterocycles. The molecule has 4 aliphatic rings. The van der Waals surface area contributed by atoms with Crippen LogP contribution in [0.2, 0.25) is 0 Å². The molecular formula is C26H31N3O3S. The Labute approximate surface area is 198 Å². The number of likely N-dealkylation sites (tertiary alicyclic amines) is 1. The first-order valence-corrected chi connectivity index (χ1v) is 13.0. The van der Waals surface area contributed by atoms with Crippen molar-refractivity contribution in [1.82, 2.24) is 14.8 Å². The molecule has 6 nitrogen and oxygen atoms in total. The zero-order chi connectivity index (χ0) is 22.3. The molecular weight excluding hydrogens is 434 g/mol. The Morgan fingerprint density at radius 1 is 1.21 bits per heavy atom. The Kier molecular flexibility index (Phi) is 5.72. The number of fused-ring (bicyclic) bond motifs is 2. The molecule has 1 aromatic heterocycles. The molecule has 1 amide bonds. The van der Waals surface area contributed by atoms with Gasteiger partial charge in [0.15, 0.2) is 0 Å². The van der Waals surface area contributed by atoms with Crippen molar-refractivity contribution in [2.24, 2.45) is 11.3 Å². The van der Waals surface area contributed by atoms with E-state index < -0.39 is 0 Å². The number of nitrogens with zero attached hydrogens (tertiary/aromatic N) is 3. The number of carbonyl (C=O) groups is 1. The first-order chi connectivity index (χ1) is 16.2. The summed E-state index contributed by atoms with van der Waals surface area (Å²) in [6, 6.07) is 8.57. The van der Waals surface area contributed by atoms with Crippen LogP contribution >= 0.6 is 11.3 Å². The average Bonchev–Trinajstić information content (AvgIpc) is 3.39. The highest BCUT2D eigenvalue weighted by Crippen LogP contribution is 2.60. The maximum absolute atomic E-state index is 12.1. The number of hydrogen-bond acceptors (Lipinski definition) is 6. The molecule has 3 fully saturated rings. The van der Waals surface area contributed by atoms with Gasteiger partial charge in [-0.1, -0.05) is 29.5 Å². The third-order valence-corrected chi connectivity index (χ3v) is 8.65. The number of hydrogen-bond donors (Lipinski definition) is 0. The molecule has 2 unspecified atom stereocenters. The molecule has 0 N–H and O–H groups in total. The summed E-state index contributed by atoms with van der Waals surface area (Å²) in [7, 11) is 0. The lowest BCUT2D eigenvalue weighted by Gasteiger charge is -2.40. The second-order valence-electron chi connectivity index (χ2n) is 9.81. The number of piperidine rings is 1. The average molecular weight is 466 g/mol.